The minimum Gasteiger partial charge on any atom is -0.344 e. The molecule has 0 radical (unpaired) electrons. The van der Waals surface area contributed by atoms with Crippen molar-refractivity contribution in [1.82, 2.24) is 19.4 Å². The molecule has 34 heavy (non-hydrogen) atoms. The van der Waals surface area contributed by atoms with E-state index in [1.165, 1.54) is 24.4 Å². The van der Waals surface area contributed by atoms with Crippen molar-refractivity contribution in [3.8, 4) is 0 Å². The molecule has 2 aromatic heterocycles. The fourth-order valence-corrected chi connectivity index (χ4v) is 7.02. The summed E-state index contributed by atoms with van der Waals surface area (Å²) in [6.45, 7) is 2.30. The maximum atomic E-state index is 12.9. The Morgan fingerprint density at radius 1 is 1.15 bits per heavy atom. The molecule has 0 atom stereocenters. The molecule has 11 heteroatoms. The van der Waals surface area contributed by atoms with E-state index in [2.05, 4.69) is 14.5 Å². The van der Waals surface area contributed by atoms with Crippen molar-refractivity contribution in [3.63, 3.8) is 0 Å². The number of benzene rings is 1. The Labute approximate surface area is 215 Å². The molecule has 7 nitrogen and oxygen atoms in total. The molecule has 0 spiro atoms. The van der Waals surface area contributed by atoms with Crippen molar-refractivity contribution in [1.29, 1.82) is 0 Å². The van der Waals surface area contributed by atoms with Crippen LogP contribution in [0.3, 0.4) is 0 Å². The number of piperidine rings is 1. The van der Waals surface area contributed by atoms with Gasteiger partial charge in [0.25, 0.3) is 0 Å². The summed E-state index contributed by atoms with van der Waals surface area (Å²) in [6.07, 6.45) is 7.11. The summed E-state index contributed by atoms with van der Waals surface area (Å²) < 4.78 is 28.2. The maximum absolute atomic E-state index is 12.9. The van der Waals surface area contributed by atoms with Crippen LogP contribution in [0.1, 0.15) is 49.5 Å². The number of imidazole rings is 1. The highest BCUT2D eigenvalue weighted by Crippen LogP contribution is 2.34. The summed E-state index contributed by atoms with van der Waals surface area (Å²) in [5.74, 6) is 1.15. The number of aryl methyl sites for hydroxylation is 1. The van der Waals surface area contributed by atoms with Gasteiger partial charge < -0.3 is 14.5 Å². The number of carbonyl (C=O) groups excluding carboxylic acids is 1. The lowest BCUT2D eigenvalue weighted by atomic mass is 9.93. The first-order chi connectivity index (χ1) is 15.8. The van der Waals surface area contributed by atoms with Crippen LogP contribution in [0.2, 0.25) is 10.0 Å². The number of aromatic nitrogens is 3. The zero-order valence-corrected chi connectivity index (χ0v) is 21.7. The van der Waals surface area contributed by atoms with E-state index in [0.717, 1.165) is 25.8 Å². The number of nitrogens with zero attached hydrogens (tertiary/aromatic N) is 3. The Bertz CT molecular complexity index is 1310. The van der Waals surface area contributed by atoms with E-state index in [-0.39, 0.29) is 40.5 Å². The van der Waals surface area contributed by atoms with Gasteiger partial charge in [0.05, 0.1) is 10.8 Å². The van der Waals surface area contributed by atoms with E-state index in [1.54, 1.807) is 23.1 Å². The van der Waals surface area contributed by atoms with Crippen LogP contribution in [0.5, 0.6) is 0 Å². The molecule has 1 fully saturated rings. The van der Waals surface area contributed by atoms with Crippen molar-refractivity contribution in [2.24, 2.45) is 0 Å². The first kappa shape index (κ1) is 25.4. The number of amides is 1. The number of likely N-dealkylation sites (tertiary alicyclic amines) is 1. The lowest BCUT2D eigenvalue weighted by Crippen LogP contribution is -2.39. The summed E-state index contributed by atoms with van der Waals surface area (Å²) in [6, 6.07) is 4.98. The quantitative estimate of drug-likeness (QED) is 0.489. The van der Waals surface area contributed by atoms with Gasteiger partial charge in [-0.3, -0.25) is 4.79 Å². The van der Waals surface area contributed by atoms with Gasteiger partial charge in [0.15, 0.2) is 14.9 Å². The lowest BCUT2D eigenvalue weighted by molar-refractivity contribution is -0.131. The van der Waals surface area contributed by atoms with Gasteiger partial charge in [0, 0.05) is 66.2 Å². The number of nitrogens with one attached hydrogen (secondary N) is 1. The third kappa shape index (κ3) is 4.83. The summed E-state index contributed by atoms with van der Waals surface area (Å²) >= 11 is 12.3. The van der Waals surface area contributed by atoms with Crippen molar-refractivity contribution in [2.45, 2.75) is 56.0 Å². The van der Waals surface area contributed by atoms with Gasteiger partial charge in [-0.2, -0.15) is 0 Å². The molecule has 0 saturated carbocycles. The molecule has 4 heterocycles. The Hall–Kier alpha value is -1.74. The summed E-state index contributed by atoms with van der Waals surface area (Å²) in [4.78, 5) is 22.0. The van der Waals surface area contributed by atoms with Crippen molar-refractivity contribution < 1.29 is 13.2 Å². The highest BCUT2D eigenvalue weighted by atomic mass is 35.5. The number of hydrogen-bond acceptors (Lipinski definition) is 4. The van der Waals surface area contributed by atoms with Crippen LogP contribution >= 0.6 is 35.6 Å². The monoisotopic (exact) mass is 544 g/mol. The SMILES string of the molecule is Cl.O=C(CCS(=O)(=O)c1[nH]c2ccc(Cl)cc2c1Cl)N1CCC(c2cnc3n2CCCC3)CC1. The number of fused-ring (bicyclic) bond motifs is 2. The number of H-pyrrole nitrogens is 1. The second kappa shape index (κ2) is 10.1. The predicted molar refractivity (Wildman–Crippen MR) is 136 cm³/mol. The largest absolute Gasteiger partial charge is 0.344 e. The van der Waals surface area contributed by atoms with Crippen molar-refractivity contribution in [2.75, 3.05) is 18.8 Å². The molecule has 1 aromatic carbocycles. The van der Waals surface area contributed by atoms with Crippen molar-refractivity contribution >= 4 is 62.3 Å². The molecule has 5 rings (SSSR count). The van der Waals surface area contributed by atoms with E-state index in [9.17, 15) is 13.2 Å². The minimum atomic E-state index is -3.75. The molecule has 0 aliphatic carbocycles. The number of hydrogen-bond donors (Lipinski definition) is 1. The van der Waals surface area contributed by atoms with Gasteiger partial charge >= 0.3 is 0 Å². The summed E-state index contributed by atoms with van der Waals surface area (Å²) in [7, 11) is -3.75. The fourth-order valence-electron chi connectivity index (χ4n) is 4.99. The standard InChI is InChI=1S/C23H26Cl2N4O3S.ClH/c24-16-4-5-18-17(13-16)22(25)23(27-18)33(31,32)12-8-21(30)28-10-6-15(7-11-28)19-14-26-20-3-1-2-9-29(19)20;/h4-5,13-15,27H,1-3,6-12H2;1H. The van der Waals surface area contributed by atoms with Gasteiger partial charge in [-0.15, -0.1) is 12.4 Å². The second-order valence-electron chi connectivity index (χ2n) is 8.89. The maximum Gasteiger partial charge on any atom is 0.223 e. The molecule has 0 unspecified atom stereocenters. The zero-order chi connectivity index (χ0) is 23.2. The van der Waals surface area contributed by atoms with Crippen LogP contribution < -0.4 is 0 Å². The Morgan fingerprint density at radius 2 is 1.91 bits per heavy atom. The number of rotatable bonds is 5. The van der Waals surface area contributed by atoms with Gasteiger partial charge in [-0.1, -0.05) is 23.2 Å². The fraction of sp³-hybridized carbons (Fsp3) is 0.478. The van der Waals surface area contributed by atoms with Crippen LogP contribution in [-0.2, 0) is 27.6 Å². The molecular formula is C23H27Cl3N4O3S. The van der Waals surface area contributed by atoms with Gasteiger partial charge in [-0.25, -0.2) is 13.4 Å². The van der Waals surface area contributed by atoms with Gasteiger partial charge in [0.1, 0.15) is 5.82 Å². The van der Waals surface area contributed by atoms with E-state index in [0.29, 0.717) is 34.9 Å². The molecule has 2 aliphatic heterocycles. The van der Waals surface area contributed by atoms with Crippen LogP contribution in [0.25, 0.3) is 10.9 Å². The van der Waals surface area contributed by atoms with Gasteiger partial charge in [-0.05, 0) is 43.9 Å². The molecule has 184 valence electrons. The molecule has 1 amide bonds. The Kier molecular flexibility index (Phi) is 7.53. The third-order valence-corrected chi connectivity index (χ3v) is 9.24. The average molecular weight is 546 g/mol. The first-order valence-electron chi connectivity index (χ1n) is 11.3. The number of aromatic amines is 1. The summed E-state index contributed by atoms with van der Waals surface area (Å²) in [5.41, 5.74) is 1.88. The summed E-state index contributed by atoms with van der Waals surface area (Å²) in [5, 5.41) is 1.09. The molecule has 2 aliphatic rings. The Balaban J connectivity index is 0.00000274. The first-order valence-corrected chi connectivity index (χ1v) is 13.8. The van der Waals surface area contributed by atoms with Crippen LogP contribution in [0.4, 0.5) is 0 Å². The third-order valence-electron chi connectivity index (χ3n) is 6.83. The highest BCUT2D eigenvalue weighted by Gasteiger charge is 2.29. The highest BCUT2D eigenvalue weighted by molar-refractivity contribution is 7.91. The average Bonchev–Trinajstić information content (AvgIpc) is 3.39. The van der Waals surface area contributed by atoms with Gasteiger partial charge in [0.2, 0.25) is 5.91 Å². The second-order valence-corrected chi connectivity index (χ2v) is 11.8. The predicted octanol–water partition coefficient (Wildman–Crippen LogP) is 5.00. The van der Waals surface area contributed by atoms with E-state index in [1.807, 2.05) is 6.20 Å². The number of halogens is 3. The van der Waals surface area contributed by atoms with Crippen LogP contribution in [0.15, 0.2) is 29.4 Å². The smallest absolute Gasteiger partial charge is 0.223 e. The zero-order valence-electron chi connectivity index (χ0n) is 18.6. The van der Waals surface area contributed by atoms with Crippen molar-refractivity contribution in [3.05, 3.63) is 46.0 Å². The molecule has 0 bridgehead atoms. The van der Waals surface area contributed by atoms with E-state index >= 15 is 0 Å². The van der Waals surface area contributed by atoms with Crippen LogP contribution in [-0.4, -0.2) is 52.6 Å². The lowest BCUT2D eigenvalue weighted by Gasteiger charge is -2.33. The topological polar surface area (TPSA) is 88.1 Å². The Morgan fingerprint density at radius 3 is 2.68 bits per heavy atom. The molecule has 3 aromatic rings. The van der Waals surface area contributed by atoms with E-state index < -0.39 is 9.84 Å². The number of sulfone groups is 1. The normalized spacial score (nSPS) is 16.9. The number of carbonyl (C=O) groups is 1. The molecular weight excluding hydrogens is 519 g/mol. The molecule has 1 N–H and O–H groups in total. The van der Waals surface area contributed by atoms with E-state index in [4.69, 9.17) is 23.2 Å². The van der Waals surface area contributed by atoms with Crippen LogP contribution in [0, 0.1) is 0 Å². The minimum absolute atomic E-state index is 0. The molecule has 1 saturated heterocycles.